The first-order chi connectivity index (χ1) is 16.3. The molecule has 5 rings (SSSR count). The number of aromatic nitrogens is 1. The van der Waals surface area contributed by atoms with Crippen LogP contribution in [0.4, 0.5) is 0 Å². The molecule has 3 aromatic carbocycles. The largest absolute Gasteiger partial charge is 0.310 e. The molecule has 4 aromatic rings. The van der Waals surface area contributed by atoms with Crippen LogP contribution in [0.1, 0.15) is 81.8 Å². The van der Waals surface area contributed by atoms with Gasteiger partial charge in [-0.3, -0.25) is 0 Å². The van der Waals surface area contributed by atoms with Crippen LogP contribution in [-0.4, -0.2) is 4.57 Å². The summed E-state index contributed by atoms with van der Waals surface area (Å²) in [6, 6.07) is 23.1. The molecule has 0 radical (unpaired) electrons. The summed E-state index contributed by atoms with van der Waals surface area (Å²) in [4.78, 5) is 0. The lowest BCUT2D eigenvalue weighted by atomic mass is 9.78. The molecule has 1 aliphatic rings. The van der Waals surface area contributed by atoms with Crippen LogP contribution in [0.25, 0.3) is 33.8 Å². The molecular weight excluding hydrogens is 410 g/mol. The predicted molar refractivity (Wildman–Crippen MR) is 148 cm³/mol. The SMILES string of the molecule is CCc1cccc(-c2ccc3c(c2)c2c(n3-c3ccc(C(C)C)cc3)C=CCC2)c1C(C)(C)C. The zero-order chi connectivity index (χ0) is 24.0. The van der Waals surface area contributed by atoms with Gasteiger partial charge in [0.05, 0.1) is 5.52 Å². The highest BCUT2D eigenvalue weighted by Crippen LogP contribution is 2.40. The van der Waals surface area contributed by atoms with Crippen molar-refractivity contribution in [2.45, 2.75) is 72.1 Å². The van der Waals surface area contributed by atoms with Crippen LogP contribution in [0.15, 0.2) is 66.7 Å². The van der Waals surface area contributed by atoms with Crippen molar-refractivity contribution in [2.75, 3.05) is 0 Å². The monoisotopic (exact) mass is 447 g/mol. The van der Waals surface area contributed by atoms with Gasteiger partial charge in [-0.1, -0.05) is 84.0 Å². The van der Waals surface area contributed by atoms with Crippen LogP contribution in [0.2, 0.25) is 0 Å². The van der Waals surface area contributed by atoms with Gasteiger partial charge in [0.2, 0.25) is 0 Å². The minimum absolute atomic E-state index is 0.100. The van der Waals surface area contributed by atoms with E-state index in [0.29, 0.717) is 5.92 Å². The van der Waals surface area contributed by atoms with Gasteiger partial charge in [-0.15, -0.1) is 0 Å². The second-order valence-corrected chi connectivity index (χ2v) is 11.1. The quantitative estimate of drug-likeness (QED) is 0.294. The Morgan fingerprint density at radius 2 is 1.71 bits per heavy atom. The molecule has 0 atom stereocenters. The molecule has 174 valence electrons. The van der Waals surface area contributed by atoms with E-state index in [9.17, 15) is 0 Å². The van der Waals surface area contributed by atoms with Crippen LogP contribution in [0, 0.1) is 0 Å². The molecule has 0 aliphatic heterocycles. The van der Waals surface area contributed by atoms with Gasteiger partial charge in [0, 0.05) is 16.8 Å². The van der Waals surface area contributed by atoms with Gasteiger partial charge in [0.15, 0.2) is 0 Å². The summed E-state index contributed by atoms with van der Waals surface area (Å²) in [5, 5.41) is 1.39. The van der Waals surface area contributed by atoms with Gasteiger partial charge in [0.25, 0.3) is 0 Å². The number of fused-ring (bicyclic) bond motifs is 3. The van der Waals surface area contributed by atoms with Crippen molar-refractivity contribution in [3.8, 4) is 16.8 Å². The molecule has 0 saturated heterocycles. The third-order valence-electron chi connectivity index (χ3n) is 7.36. The maximum Gasteiger partial charge on any atom is 0.0538 e. The lowest BCUT2D eigenvalue weighted by Gasteiger charge is -2.26. The second-order valence-electron chi connectivity index (χ2n) is 11.1. The predicted octanol–water partition coefficient (Wildman–Crippen LogP) is 9.24. The number of allylic oxidation sites excluding steroid dienone is 1. The van der Waals surface area contributed by atoms with Crippen molar-refractivity contribution in [3.63, 3.8) is 0 Å². The Morgan fingerprint density at radius 3 is 2.38 bits per heavy atom. The van der Waals surface area contributed by atoms with Gasteiger partial charge in [-0.05, 0) is 94.3 Å². The fraction of sp³-hybridized carbons (Fsp3) is 0.333. The minimum Gasteiger partial charge on any atom is -0.310 e. The Hall–Kier alpha value is -3.06. The molecule has 34 heavy (non-hydrogen) atoms. The summed E-state index contributed by atoms with van der Waals surface area (Å²) in [5.74, 6) is 0.544. The highest BCUT2D eigenvalue weighted by molar-refractivity contribution is 5.94. The summed E-state index contributed by atoms with van der Waals surface area (Å²) < 4.78 is 2.46. The summed E-state index contributed by atoms with van der Waals surface area (Å²) >= 11 is 0. The molecule has 1 nitrogen and oxygen atoms in total. The maximum atomic E-state index is 2.46. The standard InChI is InChI=1S/C33H37N/c1-7-23-11-10-13-27(32(23)33(4,5)6)25-17-20-31-29(21-25)28-12-8-9-14-30(28)34(31)26-18-15-24(16-19-26)22(2)3/h9-11,13-22H,7-8,12H2,1-6H3. The molecule has 0 spiro atoms. The van der Waals surface area contributed by atoms with E-state index in [4.69, 9.17) is 0 Å². The molecule has 0 unspecified atom stereocenters. The third kappa shape index (κ3) is 3.82. The number of benzene rings is 3. The third-order valence-corrected chi connectivity index (χ3v) is 7.36. The number of hydrogen-bond donors (Lipinski definition) is 0. The Morgan fingerprint density at radius 1 is 0.941 bits per heavy atom. The Kier molecular flexibility index (Phi) is 5.76. The lowest BCUT2D eigenvalue weighted by molar-refractivity contribution is 0.585. The molecule has 0 saturated carbocycles. The van der Waals surface area contributed by atoms with E-state index in [-0.39, 0.29) is 5.41 Å². The Balaban J connectivity index is 1.73. The van der Waals surface area contributed by atoms with Crippen LogP contribution in [0.3, 0.4) is 0 Å². The summed E-state index contributed by atoms with van der Waals surface area (Å²) in [6.45, 7) is 13.8. The van der Waals surface area contributed by atoms with Crippen molar-refractivity contribution in [1.82, 2.24) is 4.57 Å². The molecule has 1 aliphatic carbocycles. The summed E-state index contributed by atoms with van der Waals surface area (Å²) in [5.41, 5.74) is 12.5. The van der Waals surface area contributed by atoms with Gasteiger partial charge >= 0.3 is 0 Å². The molecule has 0 amide bonds. The smallest absolute Gasteiger partial charge is 0.0538 e. The fourth-order valence-electron chi connectivity index (χ4n) is 5.71. The molecule has 0 bridgehead atoms. The maximum absolute atomic E-state index is 2.46. The van der Waals surface area contributed by atoms with Crippen molar-refractivity contribution in [3.05, 3.63) is 94.7 Å². The van der Waals surface area contributed by atoms with Crippen molar-refractivity contribution >= 4 is 17.0 Å². The normalized spacial score (nSPS) is 13.6. The Bertz CT molecular complexity index is 1370. The first-order valence-electron chi connectivity index (χ1n) is 12.9. The van der Waals surface area contributed by atoms with Gasteiger partial charge in [0.1, 0.15) is 0 Å². The average molecular weight is 448 g/mol. The van der Waals surface area contributed by atoms with Crippen LogP contribution in [-0.2, 0) is 18.3 Å². The average Bonchev–Trinajstić information content (AvgIpc) is 3.16. The molecule has 0 fully saturated rings. The first-order valence-corrected chi connectivity index (χ1v) is 12.9. The van der Waals surface area contributed by atoms with E-state index in [1.54, 1.807) is 0 Å². The number of nitrogens with zero attached hydrogens (tertiary/aromatic N) is 1. The van der Waals surface area contributed by atoms with Crippen LogP contribution in [0.5, 0.6) is 0 Å². The highest BCUT2D eigenvalue weighted by atomic mass is 15.0. The van der Waals surface area contributed by atoms with Crippen molar-refractivity contribution in [2.24, 2.45) is 0 Å². The van der Waals surface area contributed by atoms with Crippen LogP contribution < -0.4 is 0 Å². The molecule has 1 heterocycles. The highest BCUT2D eigenvalue weighted by Gasteiger charge is 2.24. The van der Waals surface area contributed by atoms with Gasteiger partial charge in [-0.25, -0.2) is 0 Å². The zero-order valence-electron chi connectivity index (χ0n) is 21.6. The van der Waals surface area contributed by atoms with Crippen LogP contribution >= 0.6 is 0 Å². The van der Waals surface area contributed by atoms with E-state index in [0.717, 1.165) is 19.3 Å². The lowest BCUT2D eigenvalue weighted by Crippen LogP contribution is -2.15. The molecular formula is C33H37N. The summed E-state index contributed by atoms with van der Waals surface area (Å²) in [7, 11) is 0. The van der Waals surface area contributed by atoms with E-state index >= 15 is 0 Å². The van der Waals surface area contributed by atoms with Gasteiger partial charge < -0.3 is 4.57 Å². The van der Waals surface area contributed by atoms with E-state index in [2.05, 4.69) is 119 Å². The number of hydrogen-bond acceptors (Lipinski definition) is 0. The second kappa shape index (κ2) is 8.62. The number of rotatable bonds is 4. The van der Waals surface area contributed by atoms with Crippen molar-refractivity contribution < 1.29 is 0 Å². The first kappa shape index (κ1) is 22.7. The van der Waals surface area contributed by atoms with E-state index in [1.807, 2.05) is 0 Å². The molecule has 1 heteroatoms. The van der Waals surface area contributed by atoms with Crippen molar-refractivity contribution in [1.29, 1.82) is 0 Å². The minimum atomic E-state index is 0.100. The summed E-state index contributed by atoms with van der Waals surface area (Å²) in [6.07, 6.45) is 7.92. The molecule has 1 aromatic heterocycles. The molecule has 0 N–H and O–H groups in total. The topological polar surface area (TPSA) is 4.93 Å². The zero-order valence-corrected chi connectivity index (χ0v) is 21.6. The Labute approximate surface area is 205 Å². The fourth-order valence-corrected chi connectivity index (χ4v) is 5.71. The van der Waals surface area contributed by atoms with Gasteiger partial charge in [-0.2, -0.15) is 0 Å². The number of aryl methyl sites for hydroxylation is 2. The van der Waals surface area contributed by atoms with E-state index in [1.165, 1.54) is 55.7 Å². The van der Waals surface area contributed by atoms with E-state index < -0.39 is 0 Å².